The molecule has 0 aromatic heterocycles. The van der Waals surface area contributed by atoms with Gasteiger partial charge in [-0.05, 0) is 47.2 Å². The fraction of sp³-hybridized carbons (Fsp3) is 0.143. The Morgan fingerprint density at radius 3 is 0.909 bits per heavy atom. The number of hydrogen-bond acceptors (Lipinski definition) is 1. The van der Waals surface area contributed by atoms with Crippen LogP contribution >= 0.6 is 0 Å². The quantitative estimate of drug-likeness (QED) is 0.115. The van der Waals surface area contributed by atoms with Crippen molar-refractivity contribution in [1.82, 2.24) is 0 Å². The molecule has 44 heavy (non-hydrogen) atoms. The first-order valence-corrected chi connectivity index (χ1v) is 16.6. The molecular weight excluding hydrogens is 553 g/mol. The minimum atomic E-state index is -1.46. The Labute approximate surface area is 265 Å². The van der Waals surface area contributed by atoms with Crippen LogP contribution in [0.4, 0.5) is 0 Å². The number of rotatable bonds is 10. The van der Waals surface area contributed by atoms with Gasteiger partial charge in [-0.3, -0.25) is 0 Å². The maximum absolute atomic E-state index is 15.2. The zero-order valence-corrected chi connectivity index (χ0v) is 26.2. The van der Waals surface area contributed by atoms with Crippen molar-refractivity contribution < 1.29 is 4.55 Å². The highest BCUT2D eigenvalue weighted by Crippen LogP contribution is 2.48. The van der Waals surface area contributed by atoms with Gasteiger partial charge < -0.3 is 4.55 Å². The minimum absolute atomic E-state index is 0.468. The van der Waals surface area contributed by atoms with Gasteiger partial charge in [0.15, 0.2) is 9.79 Å². The minimum Gasteiger partial charge on any atom is -0.606 e. The van der Waals surface area contributed by atoms with Gasteiger partial charge in [0.05, 0.1) is 0 Å². The van der Waals surface area contributed by atoms with E-state index in [0.29, 0.717) is 0 Å². The van der Waals surface area contributed by atoms with Crippen molar-refractivity contribution in [3.8, 4) is 0 Å². The third kappa shape index (κ3) is 5.09. The van der Waals surface area contributed by atoms with Crippen molar-refractivity contribution in [2.45, 2.75) is 47.3 Å². The molecule has 6 aromatic carbocycles. The fourth-order valence-electron chi connectivity index (χ4n) is 7.12. The summed E-state index contributed by atoms with van der Waals surface area (Å²) >= 11 is -1.46. The van der Waals surface area contributed by atoms with Crippen LogP contribution in [0.2, 0.25) is 0 Å². The molecule has 0 saturated carbocycles. The van der Waals surface area contributed by atoms with Crippen LogP contribution in [0.25, 0.3) is 0 Å². The molecule has 0 fully saturated rings. The van der Waals surface area contributed by atoms with Gasteiger partial charge in [-0.1, -0.05) is 172 Å². The highest BCUT2D eigenvalue weighted by Gasteiger charge is 2.42. The summed E-state index contributed by atoms with van der Waals surface area (Å²) in [6, 6.07) is 59.4. The number of hydrogen-bond donors (Lipinski definition) is 0. The summed E-state index contributed by atoms with van der Waals surface area (Å²) in [5, 5.41) is 0. The SMILES string of the molecule is CCC(c1ccccc1)(c1ccccc1)c1ccccc1[S+]([O-])c1ccccc1C(CC)(c1ccccc1)c1ccccc1. The van der Waals surface area contributed by atoms with E-state index in [1.54, 1.807) is 0 Å². The molecule has 6 aromatic rings. The smallest absolute Gasteiger partial charge is 0.162 e. The summed E-state index contributed by atoms with van der Waals surface area (Å²) in [7, 11) is 0. The van der Waals surface area contributed by atoms with Crippen LogP contribution < -0.4 is 0 Å². The maximum Gasteiger partial charge on any atom is 0.162 e. The molecule has 0 amide bonds. The summed E-state index contributed by atoms with van der Waals surface area (Å²) in [5.41, 5.74) is 6.01. The van der Waals surface area contributed by atoms with Crippen LogP contribution in [-0.2, 0) is 22.0 Å². The van der Waals surface area contributed by atoms with Crippen LogP contribution in [0.15, 0.2) is 180 Å². The molecule has 0 bridgehead atoms. The molecule has 0 N–H and O–H groups in total. The molecule has 0 unspecified atom stereocenters. The lowest BCUT2D eigenvalue weighted by Crippen LogP contribution is -2.32. The Hall–Kier alpha value is -4.37. The molecule has 0 aliphatic carbocycles. The highest BCUT2D eigenvalue weighted by atomic mass is 32.2. The first kappa shape index (κ1) is 29.7. The van der Waals surface area contributed by atoms with E-state index in [1.807, 2.05) is 12.1 Å². The van der Waals surface area contributed by atoms with Crippen molar-refractivity contribution in [3.63, 3.8) is 0 Å². The fourth-order valence-corrected chi connectivity index (χ4v) is 8.65. The van der Waals surface area contributed by atoms with Gasteiger partial charge in [-0.25, -0.2) is 0 Å². The van der Waals surface area contributed by atoms with E-state index in [-0.39, 0.29) is 0 Å². The second kappa shape index (κ2) is 13.1. The molecule has 0 aliphatic heterocycles. The van der Waals surface area contributed by atoms with Gasteiger partial charge in [-0.2, -0.15) is 0 Å². The topological polar surface area (TPSA) is 23.1 Å². The highest BCUT2D eigenvalue weighted by molar-refractivity contribution is 7.91. The average Bonchev–Trinajstić information content (AvgIpc) is 3.11. The average molecular weight is 591 g/mol. The Balaban J connectivity index is 1.60. The van der Waals surface area contributed by atoms with Gasteiger partial charge in [-0.15, -0.1) is 0 Å². The van der Waals surface area contributed by atoms with Crippen LogP contribution in [0.3, 0.4) is 0 Å². The van der Waals surface area contributed by atoms with Crippen molar-refractivity contribution in [2.24, 2.45) is 0 Å². The first-order chi connectivity index (χ1) is 21.7. The Kier molecular flexibility index (Phi) is 8.84. The van der Waals surface area contributed by atoms with E-state index in [1.165, 1.54) is 22.3 Å². The van der Waals surface area contributed by atoms with Crippen molar-refractivity contribution in [2.75, 3.05) is 0 Å². The Morgan fingerprint density at radius 2 is 0.636 bits per heavy atom. The summed E-state index contributed by atoms with van der Waals surface area (Å²) in [5.74, 6) is 0. The van der Waals surface area contributed by atoms with Gasteiger partial charge >= 0.3 is 0 Å². The van der Waals surface area contributed by atoms with Crippen LogP contribution in [0, 0.1) is 0 Å². The third-order valence-electron chi connectivity index (χ3n) is 9.22. The van der Waals surface area contributed by atoms with E-state index in [4.69, 9.17) is 0 Å². The van der Waals surface area contributed by atoms with Crippen LogP contribution in [0.5, 0.6) is 0 Å². The number of benzene rings is 6. The normalized spacial score (nSPS) is 11.9. The predicted octanol–water partition coefficient (Wildman–Crippen LogP) is 10.3. The molecule has 0 aliphatic rings. The van der Waals surface area contributed by atoms with Gasteiger partial charge in [0, 0.05) is 33.1 Å². The van der Waals surface area contributed by atoms with E-state index in [0.717, 1.165) is 33.8 Å². The zero-order valence-electron chi connectivity index (χ0n) is 25.4. The molecule has 218 valence electrons. The molecule has 0 saturated heterocycles. The molecule has 1 nitrogen and oxygen atoms in total. The monoisotopic (exact) mass is 590 g/mol. The van der Waals surface area contributed by atoms with Crippen molar-refractivity contribution in [1.29, 1.82) is 0 Å². The molecule has 2 heteroatoms. The third-order valence-corrected chi connectivity index (χ3v) is 10.7. The maximum atomic E-state index is 15.2. The second-order valence-electron chi connectivity index (χ2n) is 11.2. The van der Waals surface area contributed by atoms with Crippen molar-refractivity contribution in [3.05, 3.63) is 203 Å². The van der Waals surface area contributed by atoms with Crippen LogP contribution in [0.1, 0.15) is 60.1 Å². The first-order valence-electron chi connectivity index (χ1n) is 15.5. The Morgan fingerprint density at radius 1 is 0.386 bits per heavy atom. The van der Waals surface area contributed by atoms with Crippen LogP contribution in [-0.4, -0.2) is 4.55 Å². The van der Waals surface area contributed by atoms with E-state index in [9.17, 15) is 0 Å². The van der Waals surface area contributed by atoms with E-state index in [2.05, 4.69) is 172 Å². The molecule has 0 spiro atoms. The lowest BCUT2D eigenvalue weighted by atomic mass is 9.67. The molecule has 0 heterocycles. The predicted molar refractivity (Wildman–Crippen MR) is 184 cm³/mol. The summed E-state index contributed by atoms with van der Waals surface area (Å²) < 4.78 is 15.2. The lowest BCUT2D eigenvalue weighted by molar-refractivity contribution is 0.556. The second-order valence-corrected chi connectivity index (χ2v) is 12.7. The molecule has 0 atom stereocenters. The standard InChI is InChI=1S/C42H38OS/c1-3-41(33-21-9-5-10-22-33,34-23-11-6-12-24-34)37-29-17-19-31-39(37)44(43)40-32-20-18-30-38(40)42(4-2,35-25-13-7-14-26-35)36-27-15-8-16-28-36/h5-32H,3-4H2,1-2H3. The largest absolute Gasteiger partial charge is 0.606 e. The van der Waals surface area contributed by atoms with Gasteiger partial charge in [0.1, 0.15) is 0 Å². The molecule has 0 radical (unpaired) electrons. The van der Waals surface area contributed by atoms with Crippen molar-refractivity contribution >= 4 is 11.2 Å². The molecule has 6 rings (SSSR count). The van der Waals surface area contributed by atoms with E-state index < -0.39 is 22.0 Å². The van der Waals surface area contributed by atoms with E-state index >= 15 is 4.55 Å². The van der Waals surface area contributed by atoms with Gasteiger partial charge in [0.25, 0.3) is 0 Å². The summed E-state index contributed by atoms with van der Waals surface area (Å²) in [6.07, 6.45) is 1.65. The Bertz CT molecular complexity index is 1570. The summed E-state index contributed by atoms with van der Waals surface area (Å²) in [4.78, 5) is 1.70. The zero-order chi connectivity index (χ0) is 30.4. The summed E-state index contributed by atoms with van der Waals surface area (Å²) in [6.45, 7) is 4.47. The molecular formula is C42H38OS. The lowest BCUT2D eigenvalue weighted by Gasteiger charge is -2.38. The van der Waals surface area contributed by atoms with Gasteiger partial charge in [0.2, 0.25) is 0 Å².